The van der Waals surface area contributed by atoms with Crippen LogP contribution in [0.25, 0.3) is 0 Å². The number of carbonyl (C=O) groups excluding carboxylic acids is 1. The summed E-state index contributed by atoms with van der Waals surface area (Å²) >= 11 is 0. The monoisotopic (exact) mass is 311 g/mol. The molecule has 0 saturated carbocycles. The van der Waals surface area contributed by atoms with Crippen LogP contribution in [-0.2, 0) is 11.2 Å². The summed E-state index contributed by atoms with van der Waals surface area (Å²) in [4.78, 5) is 11.7. The van der Waals surface area contributed by atoms with E-state index in [1.54, 1.807) is 30.3 Å². The highest BCUT2D eigenvalue weighted by molar-refractivity contribution is 5.76. The maximum Gasteiger partial charge on any atom is 0.221 e. The molecule has 0 heterocycles. The molecule has 0 atom stereocenters. The van der Waals surface area contributed by atoms with Crippen molar-refractivity contribution in [2.75, 3.05) is 18.4 Å². The van der Waals surface area contributed by atoms with Crippen molar-refractivity contribution in [3.8, 4) is 6.07 Å². The number of benzene rings is 2. The highest BCUT2D eigenvalue weighted by Crippen LogP contribution is 2.09. The molecule has 0 aliphatic carbocycles. The third-order valence-corrected chi connectivity index (χ3v) is 3.32. The molecule has 2 rings (SSSR count). The summed E-state index contributed by atoms with van der Waals surface area (Å²) in [6.45, 7) is 1.02. The number of hydrogen-bond donors (Lipinski definition) is 2. The van der Waals surface area contributed by atoms with Gasteiger partial charge in [0.15, 0.2) is 0 Å². The summed E-state index contributed by atoms with van der Waals surface area (Å²) in [6, 6.07) is 15.4. The maximum atomic E-state index is 12.8. The smallest absolute Gasteiger partial charge is 0.221 e. The molecule has 0 bridgehead atoms. The fourth-order valence-electron chi connectivity index (χ4n) is 2.10. The molecule has 5 heteroatoms. The summed E-state index contributed by atoms with van der Waals surface area (Å²) in [7, 11) is 0. The Hall–Kier alpha value is -2.87. The van der Waals surface area contributed by atoms with Crippen molar-refractivity contribution in [3.05, 3.63) is 65.5 Å². The lowest BCUT2D eigenvalue weighted by Crippen LogP contribution is -2.27. The second kappa shape index (κ2) is 8.54. The van der Waals surface area contributed by atoms with Gasteiger partial charge in [0.25, 0.3) is 0 Å². The predicted molar refractivity (Wildman–Crippen MR) is 87.4 cm³/mol. The number of amides is 1. The Morgan fingerprint density at radius 3 is 2.65 bits per heavy atom. The zero-order chi connectivity index (χ0) is 16.5. The van der Waals surface area contributed by atoms with Crippen LogP contribution in [0.4, 0.5) is 10.1 Å². The van der Waals surface area contributed by atoms with Crippen LogP contribution in [0.3, 0.4) is 0 Å². The largest absolute Gasteiger partial charge is 0.384 e. The molecule has 2 N–H and O–H groups in total. The lowest BCUT2D eigenvalue weighted by molar-refractivity contribution is -0.120. The lowest BCUT2D eigenvalue weighted by atomic mass is 10.1. The first-order chi connectivity index (χ1) is 11.2. The van der Waals surface area contributed by atoms with E-state index in [4.69, 9.17) is 5.26 Å². The molecule has 0 aliphatic heterocycles. The molecule has 4 nitrogen and oxygen atoms in total. The van der Waals surface area contributed by atoms with E-state index in [0.29, 0.717) is 31.5 Å². The van der Waals surface area contributed by atoms with Gasteiger partial charge in [-0.15, -0.1) is 0 Å². The van der Waals surface area contributed by atoms with Crippen LogP contribution in [-0.4, -0.2) is 19.0 Å². The number of halogens is 1. The molecule has 0 radical (unpaired) electrons. The van der Waals surface area contributed by atoms with Crippen molar-refractivity contribution >= 4 is 11.6 Å². The van der Waals surface area contributed by atoms with Gasteiger partial charge in [-0.2, -0.15) is 5.26 Å². The minimum Gasteiger partial charge on any atom is -0.384 e. The van der Waals surface area contributed by atoms with Crippen molar-refractivity contribution in [1.29, 1.82) is 5.26 Å². The van der Waals surface area contributed by atoms with Gasteiger partial charge in [-0.1, -0.05) is 18.2 Å². The van der Waals surface area contributed by atoms with E-state index in [-0.39, 0.29) is 11.7 Å². The molecule has 0 unspecified atom stereocenters. The number of nitriles is 1. The zero-order valence-corrected chi connectivity index (χ0v) is 12.7. The van der Waals surface area contributed by atoms with Gasteiger partial charge in [-0.05, 0) is 42.3 Å². The minimum atomic E-state index is -0.260. The number of anilines is 1. The van der Waals surface area contributed by atoms with E-state index in [9.17, 15) is 9.18 Å². The Bertz CT molecular complexity index is 692. The lowest BCUT2D eigenvalue weighted by Gasteiger charge is -2.08. The van der Waals surface area contributed by atoms with Crippen LogP contribution in [0.1, 0.15) is 17.5 Å². The molecule has 2 aromatic rings. The molecule has 118 valence electrons. The molecule has 0 aromatic heterocycles. The van der Waals surface area contributed by atoms with Crippen LogP contribution in [0.5, 0.6) is 0 Å². The first kappa shape index (κ1) is 16.5. The van der Waals surface area contributed by atoms with E-state index >= 15 is 0 Å². The van der Waals surface area contributed by atoms with Gasteiger partial charge in [0, 0.05) is 25.2 Å². The van der Waals surface area contributed by atoms with Crippen LogP contribution < -0.4 is 10.6 Å². The number of carbonyl (C=O) groups is 1. The van der Waals surface area contributed by atoms with E-state index < -0.39 is 0 Å². The van der Waals surface area contributed by atoms with Crippen LogP contribution in [0, 0.1) is 17.1 Å². The molecular formula is C18H18FN3O. The Morgan fingerprint density at radius 2 is 1.91 bits per heavy atom. The van der Waals surface area contributed by atoms with Gasteiger partial charge in [0.1, 0.15) is 5.82 Å². The van der Waals surface area contributed by atoms with Crippen molar-refractivity contribution in [1.82, 2.24) is 5.32 Å². The molecule has 1 amide bonds. The van der Waals surface area contributed by atoms with Gasteiger partial charge in [-0.3, -0.25) is 4.79 Å². The van der Waals surface area contributed by atoms with E-state index in [2.05, 4.69) is 16.7 Å². The highest BCUT2D eigenvalue weighted by Gasteiger charge is 2.02. The summed E-state index contributed by atoms with van der Waals surface area (Å²) in [5.41, 5.74) is 2.39. The quantitative estimate of drug-likeness (QED) is 0.826. The molecule has 23 heavy (non-hydrogen) atoms. The SMILES string of the molecule is N#Cc1cccc(NCCC(=O)NCCc2ccc(F)cc2)c1. The van der Waals surface area contributed by atoms with Crippen LogP contribution >= 0.6 is 0 Å². The predicted octanol–water partition coefficient (Wildman–Crippen LogP) is 2.86. The van der Waals surface area contributed by atoms with Crippen LogP contribution in [0.15, 0.2) is 48.5 Å². The Morgan fingerprint density at radius 1 is 1.13 bits per heavy atom. The first-order valence-corrected chi connectivity index (χ1v) is 7.42. The summed E-state index contributed by atoms with van der Waals surface area (Å²) in [5, 5.41) is 14.8. The van der Waals surface area contributed by atoms with E-state index in [0.717, 1.165) is 11.3 Å². The van der Waals surface area contributed by atoms with Crippen molar-refractivity contribution in [2.24, 2.45) is 0 Å². The average Bonchev–Trinajstić information content (AvgIpc) is 2.57. The number of rotatable bonds is 7. The molecule has 0 saturated heterocycles. The maximum absolute atomic E-state index is 12.8. The van der Waals surface area contributed by atoms with Gasteiger partial charge in [0.05, 0.1) is 11.6 Å². The van der Waals surface area contributed by atoms with Crippen molar-refractivity contribution < 1.29 is 9.18 Å². The third-order valence-electron chi connectivity index (χ3n) is 3.32. The molecule has 2 aromatic carbocycles. The van der Waals surface area contributed by atoms with Crippen molar-refractivity contribution in [3.63, 3.8) is 0 Å². The summed E-state index contributed by atoms with van der Waals surface area (Å²) < 4.78 is 12.8. The first-order valence-electron chi connectivity index (χ1n) is 7.42. The highest BCUT2D eigenvalue weighted by atomic mass is 19.1. The van der Waals surface area contributed by atoms with E-state index in [1.165, 1.54) is 12.1 Å². The topological polar surface area (TPSA) is 64.9 Å². The second-order valence-electron chi connectivity index (χ2n) is 5.10. The van der Waals surface area contributed by atoms with Crippen molar-refractivity contribution in [2.45, 2.75) is 12.8 Å². The molecular weight excluding hydrogens is 293 g/mol. The summed E-state index contributed by atoms with van der Waals surface area (Å²) in [6.07, 6.45) is 1.02. The fourth-order valence-corrected chi connectivity index (χ4v) is 2.10. The average molecular weight is 311 g/mol. The Labute approximate surface area is 134 Å². The van der Waals surface area contributed by atoms with Gasteiger partial charge in [0.2, 0.25) is 5.91 Å². The molecule has 0 spiro atoms. The number of nitrogens with zero attached hydrogens (tertiary/aromatic N) is 1. The summed E-state index contributed by atoms with van der Waals surface area (Å²) in [5.74, 6) is -0.305. The Balaban J connectivity index is 1.65. The third kappa shape index (κ3) is 5.79. The van der Waals surface area contributed by atoms with Gasteiger partial charge >= 0.3 is 0 Å². The van der Waals surface area contributed by atoms with E-state index in [1.807, 2.05) is 6.07 Å². The molecule has 0 aliphatic rings. The van der Waals surface area contributed by atoms with Crippen LogP contribution in [0.2, 0.25) is 0 Å². The zero-order valence-electron chi connectivity index (χ0n) is 12.7. The number of hydrogen-bond acceptors (Lipinski definition) is 3. The molecule has 0 fully saturated rings. The fraction of sp³-hybridized carbons (Fsp3) is 0.222. The number of nitrogens with one attached hydrogen (secondary N) is 2. The normalized spacial score (nSPS) is 9.91. The van der Waals surface area contributed by atoms with Gasteiger partial charge in [-0.25, -0.2) is 4.39 Å². The second-order valence-corrected chi connectivity index (χ2v) is 5.10. The Kier molecular flexibility index (Phi) is 6.13. The minimum absolute atomic E-state index is 0.0453. The van der Waals surface area contributed by atoms with Gasteiger partial charge < -0.3 is 10.6 Å². The standard InChI is InChI=1S/C18H18FN3O/c19-16-6-4-14(5-7-16)8-10-22-18(23)9-11-21-17-3-1-2-15(12-17)13-20/h1-7,12,21H,8-11H2,(H,22,23).